The first-order valence-corrected chi connectivity index (χ1v) is 5.23. The summed E-state index contributed by atoms with van der Waals surface area (Å²) in [6, 6.07) is 0. The minimum Gasteiger partial charge on any atom is -0.466 e. The van der Waals surface area contributed by atoms with Gasteiger partial charge in [-0.1, -0.05) is 19.1 Å². The molecule has 0 unspecified atom stereocenters. The van der Waals surface area contributed by atoms with Gasteiger partial charge in [0.15, 0.2) is 0 Å². The molecule has 0 aromatic heterocycles. The van der Waals surface area contributed by atoms with Gasteiger partial charge in [-0.15, -0.1) is 0 Å². The van der Waals surface area contributed by atoms with Crippen LogP contribution in [-0.2, 0) is 9.53 Å². The normalized spacial score (nSPS) is 9.86. The maximum atomic E-state index is 10.9. The van der Waals surface area contributed by atoms with Crippen LogP contribution < -0.4 is 5.32 Å². The Bertz CT molecular complexity index is 178. The first-order chi connectivity index (χ1) is 6.70. The van der Waals surface area contributed by atoms with Crippen LogP contribution in [0.25, 0.3) is 0 Å². The summed E-state index contributed by atoms with van der Waals surface area (Å²) in [5.74, 6) is -0.130. The van der Waals surface area contributed by atoms with Crippen LogP contribution in [0, 0.1) is 0 Å². The molecule has 0 aromatic carbocycles. The van der Waals surface area contributed by atoms with E-state index in [9.17, 15) is 4.79 Å². The zero-order valence-corrected chi connectivity index (χ0v) is 9.27. The monoisotopic (exact) mass is 199 g/mol. The van der Waals surface area contributed by atoms with Crippen molar-refractivity contribution in [2.45, 2.75) is 33.1 Å². The number of carbonyl (C=O) groups is 1. The summed E-state index contributed by atoms with van der Waals surface area (Å²) < 4.78 is 4.79. The van der Waals surface area contributed by atoms with Crippen LogP contribution in [0.1, 0.15) is 33.1 Å². The molecule has 0 aliphatic carbocycles. The summed E-state index contributed by atoms with van der Waals surface area (Å²) in [5.41, 5.74) is 1.24. The fraction of sp³-hybridized carbons (Fsp3) is 0.727. The Morgan fingerprint density at radius 2 is 1.93 bits per heavy atom. The lowest BCUT2D eigenvalue weighted by atomic mass is 10.2. The topological polar surface area (TPSA) is 38.3 Å². The van der Waals surface area contributed by atoms with Crippen LogP contribution in [0.15, 0.2) is 12.2 Å². The van der Waals surface area contributed by atoms with Gasteiger partial charge in [0.2, 0.25) is 0 Å². The van der Waals surface area contributed by atoms with Gasteiger partial charge < -0.3 is 10.1 Å². The van der Waals surface area contributed by atoms with Crippen molar-refractivity contribution in [1.82, 2.24) is 5.32 Å². The predicted molar refractivity (Wildman–Crippen MR) is 58.2 cm³/mol. The zero-order valence-electron chi connectivity index (χ0n) is 9.27. The highest BCUT2D eigenvalue weighted by molar-refractivity contribution is 5.69. The number of ether oxygens (including phenoxy) is 1. The molecule has 0 amide bonds. The second-order valence-electron chi connectivity index (χ2n) is 3.16. The van der Waals surface area contributed by atoms with Crippen LogP contribution in [-0.4, -0.2) is 25.7 Å². The molecular formula is C11H21NO2. The average molecular weight is 199 g/mol. The second-order valence-corrected chi connectivity index (χ2v) is 3.16. The summed E-state index contributed by atoms with van der Waals surface area (Å²) >= 11 is 0. The largest absolute Gasteiger partial charge is 0.466 e. The van der Waals surface area contributed by atoms with E-state index in [1.807, 2.05) is 6.92 Å². The van der Waals surface area contributed by atoms with Crippen molar-refractivity contribution in [1.29, 1.82) is 0 Å². The number of esters is 1. The van der Waals surface area contributed by atoms with Crippen LogP contribution in [0.4, 0.5) is 0 Å². The molecule has 0 spiro atoms. The standard InChI is InChI=1S/C11H21NO2/c1-4-10(3)6-8-12-9-7-11(13)14-5-2/h12H,3-9H2,1-2H3. The third-order valence-electron chi connectivity index (χ3n) is 1.97. The van der Waals surface area contributed by atoms with E-state index in [4.69, 9.17) is 4.74 Å². The predicted octanol–water partition coefficient (Wildman–Crippen LogP) is 1.89. The first kappa shape index (κ1) is 13.2. The minimum absolute atomic E-state index is 0.130. The molecule has 0 bridgehead atoms. The Kier molecular flexibility index (Phi) is 8.24. The van der Waals surface area contributed by atoms with E-state index in [1.165, 1.54) is 5.57 Å². The fourth-order valence-corrected chi connectivity index (χ4v) is 0.991. The van der Waals surface area contributed by atoms with Crippen LogP contribution >= 0.6 is 0 Å². The van der Waals surface area contributed by atoms with Gasteiger partial charge >= 0.3 is 5.97 Å². The molecule has 3 heteroatoms. The molecule has 0 radical (unpaired) electrons. The van der Waals surface area contributed by atoms with Crippen molar-refractivity contribution < 1.29 is 9.53 Å². The SMILES string of the molecule is C=C(CC)CCNCCC(=O)OCC. The third kappa shape index (κ3) is 7.80. The lowest BCUT2D eigenvalue weighted by molar-refractivity contribution is -0.142. The molecule has 0 rings (SSSR count). The number of hydrogen-bond acceptors (Lipinski definition) is 3. The van der Waals surface area contributed by atoms with Crippen molar-refractivity contribution in [3.63, 3.8) is 0 Å². The molecule has 0 atom stereocenters. The lowest BCUT2D eigenvalue weighted by Gasteiger charge is -2.05. The highest BCUT2D eigenvalue weighted by Crippen LogP contribution is 2.00. The van der Waals surface area contributed by atoms with Crippen molar-refractivity contribution in [2.24, 2.45) is 0 Å². The molecule has 14 heavy (non-hydrogen) atoms. The fourth-order valence-electron chi connectivity index (χ4n) is 0.991. The Balaban J connectivity index is 3.21. The number of nitrogens with one attached hydrogen (secondary N) is 1. The summed E-state index contributed by atoms with van der Waals surface area (Å²) in [6.07, 6.45) is 2.46. The maximum Gasteiger partial charge on any atom is 0.307 e. The van der Waals surface area contributed by atoms with Gasteiger partial charge in [0, 0.05) is 6.54 Å². The Labute approximate surface area is 86.5 Å². The number of hydrogen-bond donors (Lipinski definition) is 1. The molecule has 1 N–H and O–H groups in total. The third-order valence-corrected chi connectivity index (χ3v) is 1.97. The molecule has 0 saturated carbocycles. The molecule has 0 aromatic rings. The molecule has 3 nitrogen and oxygen atoms in total. The van der Waals surface area contributed by atoms with Crippen molar-refractivity contribution in [2.75, 3.05) is 19.7 Å². The average Bonchev–Trinajstić information content (AvgIpc) is 2.17. The molecule has 0 aliphatic heterocycles. The molecule has 0 aliphatic rings. The van der Waals surface area contributed by atoms with Crippen LogP contribution in [0.5, 0.6) is 0 Å². The van der Waals surface area contributed by atoms with E-state index < -0.39 is 0 Å². The zero-order chi connectivity index (χ0) is 10.8. The van der Waals surface area contributed by atoms with Gasteiger partial charge in [-0.2, -0.15) is 0 Å². The van der Waals surface area contributed by atoms with Gasteiger partial charge in [0.25, 0.3) is 0 Å². The molecule has 0 saturated heterocycles. The quantitative estimate of drug-likeness (QED) is 0.368. The highest BCUT2D eigenvalue weighted by Gasteiger charge is 1.99. The minimum atomic E-state index is -0.130. The molecular weight excluding hydrogens is 178 g/mol. The Morgan fingerprint density at radius 3 is 2.50 bits per heavy atom. The molecule has 0 heterocycles. The first-order valence-electron chi connectivity index (χ1n) is 5.23. The Morgan fingerprint density at radius 1 is 1.29 bits per heavy atom. The summed E-state index contributed by atoms with van der Waals surface area (Å²) in [7, 11) is 0. The lowest BCUT2D eigenvalue weighted by Crippen LogP contribution is -2.20. The van der Waals surface area contributed by atoms with Crippen molar-refractivity contribution >= 4 is 5.97 Å². The highest BCUT2D eigenvalue weighted by atomic mass is 16.5. The number of carbonyl (C=O) groups excluding carboxylic acids is 1. The van der Waals surface area contributed by atoms with Gasteiger partial charge in [0.05, 0.1) is 13.0 Å². The van der Waals surface area contributed by atoms with Crippen molar-refractivity contribution in [3.8, 4) is 0 Å². The van der Waals surface area contributed by atoms with E-state index in [2.05, 4.69) is 18.8 Å². The van der Waals surface area contributed by atoms with E-state index in [0.717, 1.165) is 19.4 Å². The van der Waals surface area contributed by atoms with E-state index in [0.29, 0.717) is 19.6 Å². The van der Waals surface area contributed by atoms with Gasteiger partial charge in [0.1, 0.15) is 0 Å². The molecule has 82 valence electrons. The van der Waals surface area contributed by atoms with E-state index in [-0.39, 0.29) is 5.97 Å². The van der Waals surface area contributed by atoms with E-state index >= 15 is 0 Å². The van der Waals surface area contributed by atoms with E-state index in [1.54, 1.807) is 0 Å². The molecule has 0 fully saturated rings. The van der Waals surface area contributed by atoms with Gasteiger partial charge in [-0.25, -0.2) is 0 Å². The smallest absolute Gasteiger partial charge is 0.307 e. The van der Waals surface area contributed by atoms with Gasteiger partial charge in [-0.05, 0) is 26.3 Å². The van der Waals surface area contributed by atoms with Crippen molar-refractivity contribution in [3.05, 3.63) is 12.2 Å². The van der Waals surface area contributed by atoms with Crippen LogP contribution in [0.2, 0.25) is 0 Å². The number of rotatable bonds is 8. The summed E-state index contributed by atoms with van der Waals surface area (Å²) in [6.45, 7) is 9.87. The maximum absolute atomic E-state index is 10.9. The van der Waals surface area contributed by atoms with Crippen LogP contribution in [0.3, 0.4) is 0 Å². The van der Waals surface area contributed by atoms with Gasteiger partial charge in [-0.3, -0.25) is 4.79 Å². The summed E-state index contributed by atoms with van der Waals surface area (Å²) in [4.78, 5) is 10.9. The summed E-state index contributed by atoms with van der Waals surface area (Å²) in [5, 5.41) is 3.18. The second kappa shape index (κ2) is 8.75. The Hall–Kier alpha value is -0.830.